The summed E-state index contributed by atoms with van der Waals surface area (Å²) in [6.07, 6.45) is 0. The van der Waals surface area contributed by atoms with Gasteiger partial charge >= 0.3 is 5.82 Å². The molecule has 10 heteroatoms. The maximum absolute atomic E-state index is 12.1. The van der Waals surface area contributed by atoms with Gasteiger partial charge in [0.15, 0.2) is 5.69 Å². The summed E-state index contributed by atoms with van der Waals surface area (Å²) in [6.45, 7) is 1.96. The average molecular weight is 435 g/mol. The SMILES string of the molecule is Cc1ccc(N=Nc2ccc(-n3nc(-c4ccccc4)n[n+]3C)c(S(=O)(=O)O)c2)cc1. The Hall–Kier alpha value is -3.76. The van der Waals surface area contributed by atoms with Crippen molar-refractivity contribution in [1.82, 2.24) is 15.0 Å². The molecule has 0 aliphatic heterocycles. The molecule has 0 aliphatic carbocycles. The predicted octanol–water partition coefficient (Wildman–Crippen LogP) is 3.73. The van der Waals surface area contributed by atoms with Crippen molar-refractivity contribution >= 4 is 21.5 Å². The van der Waals surface area contributed by atoms with Crippen molar-refractivity contribution in [1.29, 1.82) is 0 Å². The minimum absolute atomic E-state index is 0.133. The number of nitrogens with zero attached hydrogens (tertiary/aromatic N) is 6. The molecule has 4 rings (SSSR count). The molecule has 0 saturated heterocycles. The Kier molecular flexibility index (Phi) is 5.40. The quantitative estimate of drug-likeness (QED) is 0.291. The van der Waals surface area contributed by atoms with Gasteiger partial charge in [0, 0.05) is 4.80 Å². The summed E-state index contributed by atoms with van der Waals surface area (Å²) in [7, 11) is -2.95. The normalized spacial score (nSPS) is 11.8. The molecule has 31 heavy (non-hydrogen) atoms. The Morgan fingerprint density at radius 1 is 0.935 bits per heavy atom. The predicted molar refractivity (Wildman–Crippen MR) is 113 cm³/mol. The third kappa shape index (κ3) is 4.55. The summed E-state index contributed by atoms with van der Waals surface area (Å²) in [5, 5.41) is 16.9. The van der Waals surface area contributed by atoms with E-state index in [1.54, 1.807) is 25.2 Å². The molecule has 1 N–H and O–H groups in total. The number of rotatable bonds is 5. The zero-order chi connectivity index (χ0) is 22.0. The number of aryl methyl sites for hydroxylation is 2. The van der Waals surface area contributed by atoms with Gasteiger partial charge in [-0.2, -0.15) is 18.6 Å². The van der Waals surface area contributed by atoms with Gasteiger partial charge in [-0.15, -0.1) is 0 Å². The molecule has 9 nitrogen and oxygen atoms in total. The van der Waals surface area contributed by atoms with Gasteiger partial charge in [0.2, 0.25) is 0 Å². The third-order valence-corrected chi connectivity index (χ3v) is 5.37. The fraction of sp³-hybridized carbons (Fsp3) is 0.0952. The topological polar surface area (TPSA) is 114 Å². The molecular formula is C21H19N6O3S+. The van der Waals surface area contributed by atoms with Crippen LogP contribution in [-0.2, 0) is 17.2 Å². The smallest absolute Gasteiger partial charge is 0.282 e. The van der Waals surface area contributed by atoms with Gasteiger partial charge in [-0.05, 0) is 54.5 Å². The van der Waals surface area contributed by atoms with Crippen molar-refractivity contribution < 1.29 is 17.8 Å². The second-order valence-electron chi connectivity index (χ2n) is 6.83. The van der Waals surface area contributed by atoms with Crippen molar-refractivity contribution in [2.24, 2.45) is 17.3 Å². The fourth-order valence-electron chi connectivity index (χ4n) is 2.93. The van der Waals surface area contributed by atoms with Crippen molar-refractivity contribution in [2.75, 3.05) is 0 Å². The van der Waals surface area contributed by atoms with Crippen LogP contribution in [0.4, 0.5) is 11.4 Å². The molecule has 4 aromatic rings. The molecule has 0 spiro atoms. The van der Waals surface area contributed by atoms with Gasteiger partial charge in [0.05, 0.1) is 22.0 Å². The molecule has 0 fully saturated rings. The first-order valence-corrected chi connectivity index (χ1v) is 10.7. The van der Waals surface area contributed by atoms with Crippen LogP contribution in [0.1, 0.15) is 5.56 Å². The highest BCUT2D eigenvalue weighted by atomic mass is 32.2. The Balaban J connectivity index is 1.75. The highest BCUT2D eigenvalue weighted by molar-refractivity contribution is 7.86. The molecular weight excluding hydrogens is 416 g/mol. The van der Waals surface area contributed by atoms with Gasteiger partial charge in [0.1, 0.15) is 11.9 Å². The second-order valence-corrected chi connectivity index (χ2v) is 8.22. The first kappa shape index (κ1) is 20.5. The summed E-state index contributed by atoms with van der Waals surface area (Å²) >= 11 is 0. The molecule has 0 amide bonds. The average Bonchev–Trinajstić information content (AvgIpc) is 3.15. The van der Waals surface area contributed by atoms with Crippen LogP contribution in [-0.4, -0.2) is 28.0 Å². The number of tetrazole rings is 1. The Morgan fingerprint density at radius 3 is 2.26 bits per heavy atom. The second kappa shape index (κ2) is 8.17. The fourth-order valence-corrected chi connectivity index (χ4v) is 3.61. The third-order valence-electron chi connectivity index (χ3n) is 4.49. The molecule has 0 bridgehead atoms. The van der Waals surface area contributed by atoms with Crippen LogP contribution in [0.25, 0.3) is 17.1 Å². The van der Waals surface area contributed by atoms with Gasteiger partial charge in [-0.25, -0.2) is 0 Å². The van der Waals surface area contributed by atoms with Crippen molar-refractivity contribution in [3.63, 3.8) is 0 Å². The van der Waals surface area contributed by atoms with Crippen LogP contribution in [0.5, 0.6) is 0 Å². The first-order valence-electron chi connectivity index (χ1n) is 9.31. The maximum Gasteiger partial charge on any atom is 0.339 e. The van der Waals surface area contributed by atoms with Crippen LogP contribution in [0, 0.1) is 6.92 Å². The maximum atomic E-state index is 12.1. The Morgan fingerprint density at radius 2 is 1.58 bits per heavy atom. The van der Waals surface area contributed by atoms with E-state index >= 15 is 0 Å². The van der Waals surface area contributed by atoms with Crippen molar-refractivity contribution in [3.8, 4) is 17.1 Å². The van der Waals surface area contributed by atoms with Crippen LogP contribution in [0.15, 0.2) is 87.9 Å². The zero-order valence-corrected chi connectivity index (χ0v) is 17.6. The lowest BCUT2D eigenvalue weighted by Gasteiger charge is -2.04. The lowest BCUT2D eigenvalue weighted by molar-refractivity contribution is -0.800. The largest absolute Gasteiger partial charge is 0.339 e. The molecule has 0 unspecified atom stereocenters. The van der Waals surface area contributed by atoms with Crippen LogP contribution < -0.4 is 4.80 Å². The summed E-state index contributed by atoms with van der Waals surface area (Å²) in [4.78, 5) is 2.33. The van der Waals surface area contributed by atoms with E-state index in [1.165, 1.54) is 21.7 Å². The molecule has 156 valence electrons. The number of aromatic nitrogens is 4. The van der Waals surface area contributed by atoms with Crippen molar-refractivity contribution in [3.05, 3.63) is 78.4 Å². The standard InChI is InChI=1S/C21H18N6O3S/c1-15-8-10-17(11-9-15)22-23-18-12-13-19(20(14-18)31(28,29)30)27-25-21(24-26(27)2)16-6-4-3-5-7-16/h3-14H,1-2H3/p+1. The van der Waals surface area contributed by atoms with Gasteiger partial charge in [0.25, 0.3) is 10.1 Å². The highest BCUT2D eigenvalue weighted by Crippen LogP contribution is 2.26. The van der Waals surface area contributed by atoms with E-state index < -0.39 is 10.1 Å². The first-order chi connectivity index (χ1) is 14.8. The molecule has 0 saturated carbocycles. The summed E-state index contributed by atoms with van der Waals surface area (Å²) in [5.41, 5.74) is 2.89. The Labute approximate surface area is 179 Å². The molecule has 1 aromatic heterocycles. The molecule has 0 aliphatic rings. The zero-order valence-electron chi connectivity index (χ0n) is 16.8. The lowest BCUT2D eigenvalue weighted by Crippen LogP contribution is -2.41. The van der Waals surface area contributed by atoms with E-state index in [0.29, 0.717) is 11.5 Å². The van der Waals surface area contributed by atoms with E-state index in [4.69, 9.17) is 0 Å². The van der Waals surface area contributed by atoms with Crippen molar-refractivity contribution in [2.45, 2.75) is 11.8 Å². The summed E-state index contributed by atoms with van der Waals surface area (Å²) < 4.78 is 34.0. The van der Waals surface area contributed by atoms with Crippen LogP contribution >= 0.6 is 0 Å². The Bertz CT molecular complexity index is 1360. The van der Waals surface area contributed by atoms with E-state index in [-0.39, 0.29) is 16.3 Å². The number of hydrogen-bond donors (Lipinski definition) is 1. The highest BCUT2D eigenvalue weighted by Gasteiger charge is 2.26. The minimum Gasteiger partial charge on any atom is -0.282 e. The summed E-state index contributed by atoms with van der Waals surface area (Å²) in [5.74, 6) is 0.410. The summed E-state index contributed by atoms with van der Waals surface area (Å²) in [6, 6.07) is 21.0. The molecule has 0 atom stereocenters. The molecule has 1 heterocycles. The lowest BCUT2D eigenvalue weighted by atomic mass is 10.2. The van der Waals surface area contributed by atoms with E-state index in [9.17, 15) is 13.0 Å². The van der Waals surface area contributed by atoms with E-state index in [1.807, 2.05) is 49.4 Å². The van der Waals surface area contributed by atoms with Crippen LogP contribution in [0.3, 0.4) is 0 Å². The van der Waals surface area contributed by atoms with Crippen LogP contribution in [0.2, 0.25) is 0 Å². The molecule has 3 aromatic carbocycles. The van der Waals surface area contributed by atoms with E-state index in [2.05, 4.69) is 20.4 Å². The van der Waals surface area contributed by atoms with Gasteiger partial charge < -0.3 is 0 Å². The van der Waals surface area contributed by atoms with E-state index in [0.717, 1.165) is 11.1 Å². The molecule has 0 radical (unpaired) electrons. The number of hydrogen-bond acceptors (Lipinski definition) is 6. The van der Waals surface area contributed by atoms with Gasteiger partial charge in [-0.1, -0.05) is 40.7 Å². The van der Waals surface area contributed by atoms with Gasteiger partial charge in [-0.3, -0.25) is 4.55 Å². The minimum atomic E-state index is -4.57. The number of benzene rings is 3. The number of azo groups is 1. The monoisotopic (exact) mass is 435 g/mol.